The maximum atomic E-state index is 4.25. The highest BCUT2D eigenvalue weighted by atomic mass is 32.2. The number of aliphatic imine (C=N–C) groups is 1. The summed E-state index contributed by atoms with van der Waals surface area (Å²) in [6.45, 7) is 4.62. The number of aryl methyl sites for hydroxylation is 1. The fourth-order valence-corrected chi connectivity index (χ4v) is 3.11. The molecule has 0 aliphatic heterocycles. The van der Waals surface area contributed by atoms with Gasteiger partial charge in [-0.15, -0.1) is 22.0 Å². The lowest BCUT2D eigenvalue weighted by Crippen LogP contribution is -2.39. The minimum atomic E-state index is 0.795. The van der Waals surface area contributed by atoms with Gasteiger partial charge in [-0.2, -0.15) is 0 Å². The lowest BCUT2D eigenvalue weighted by Gasteiger charge is -2.12. The van der Waals surface area contributed by atoms with Crippen molar-refractivity contribution in [1.29, 1.82) is 0 Å². The summed E-state index contributed by atoms with van der Waals surface area (Å²) >= 11 is 1.88. The molecule has 2 aromatic rings. The molecule has 2 N–H and O–H groups in total. The molecule has 1 heterocycles. The van der Waals surface area contributed by atoms with Crippen LogP contribution in [0.3, 0.4) is 0 Å². The van der Waals surface area contributed by atoms with E-state index < -0.39 is 0 Å². The maximum absolute atomic E-state index is 4.25. The molecule has 0 amide bonds. The van der Waals surface area contributed by atoms with Crippen molar-refractivity contribution in [2.45, 2.75) is 31.2 Å². The normalized spacial score (nSPS) is 11.5. The molecule has 0 saturated heterocycles. The topological polar surface area (TPSA) is 67.1 Å². The van der Waals surface area contributed by atoms with Gasteiger partial charge in [-0.25, -0.2) is 0 Å². The Hall–Kier alpha value is -2.02. The average molecular weight is 347 g/mol. The van der Waals surface area contributed by atoms with E-state index >= 15 is 0 Å². The molecule has 0 unspecified atom stereocenters. The Bertz CT molecular complexity index is 611. The van der Waals surface area contributed by atoms with Crippen LogP contribution in [0.5, 0.6) is 0 Å². The van der Waals surface area contributed by atoms with Crippen LogP contribution in [0, 0.1) is 0 Å². The monoisotopic (exact) mass is 346 g/mol. The van der Waals surface area contributed by atoms with E-state index in [2.05, 4.69) is 61.6 Å². The van der Waals surface area contributed by atoms with E-state index in [4.69, 9.17) is 0 Å². The van der Waals surface area contributed by atoms with Gasteiger partial charge in [0.15, 0.2) is 5.96 Å². The van der Waals surface area contributed by atoms with E-state index in [1.165, 1.54) is 4.90 Å². The Labute approximate surface area is 148 Å². The van der Waals surface area contributed by atoms with Crippen LogP contribution >= 0.6 is 11.8 Å². The third-order valence-corrected chi connectivity index (χ3v) is 4.60. The Balaban J connectivity index is 1.59. The molecule has 130 valence electrons. The first-order valence-corrected chi connectivity index (χ1v) is 9.31. The van der Waals surface area contributed by atoms with Crippen molar-refractivity contribution in [1.82, 2.24) is 25.4 Å². The number of aromatic nitrogens is 3. The summed E-state index contributed by atoms with van der Waals surface area (Å²) in [5.41, 5.74) is 0. The number of nitrogens with one attached hydrogen (secondary N) is 2. The van der Waals surface area contributed by atoms with Gasteiger partial charge in [0.25, 0.3) is 0 Å². The Morgan fingerprint density at radius 2 is 2.00 bits per heavy atom. The molecule has 0 saturated carbocycles. The highest BCUT2D eigenvalue weighted by Crippen LogP contribution is 2.17. The Kier molecular flexibility index (Phi) is 8.17. The summed E-state index contributed by atoms with van der Waals surface area (Å²) in [7, 11) is 1.80. The molecular formula is C17H26N6S. The molecule has 1 aromatic heterocycles. The zero-order chi connectivity index (χ0) is 17.0. The van der Waals surface area contributed by atoms with E-state index in [0.29, 0.717) is 0 Å². The predicted molar refractivity (Wildman–Crippen MR) is 101 cm³/mol. The first-order valence-electron chi connectivity index (χ1n) is 8.32. The smallest absolute Gasteiger partial charge is 0.191 e. The number of hydrogen-bond donors (Lipinski definition) is 2. The van der Waals surface area contributed by atoms with Crippen LogP contribution in [0.2, 0.25) is 0 Å². The van der Waals surface area contributed by atoms with Crippen LogP contribution < -0.4 is 10.6 Å². The van der Waals surface area contributed by atoms with Gasteiger partial charge in [-0.3, -0.25) is 4.99 Å². The number of thioether (sulfide) groups is 1. The van der Waals surface area contributed by atoms with E-state index in [0.717, 1.165) is 50.0 Å². The summed E-state index contributed by atoms with van der Waals surface area (Å²) in [5.74, 6) is 2.94. The Morgan fingerprint density at radius 3 is 2.75 bits per heavy atom. The van der Waals surface area contributed by atoms with Crippen molar-refractivity contribution in [3.8, 4) is 0 Å². The number of guanidine groups is 1. The second kappa shape index (κ2) is 10.7. The van der Waals surface area contributed by atoms with Crippen LogP contribution in [0.15, 0.2) is 46.5 Å². The van der Waals surface area contributed by atoms with Crippen molar-refractivity contribution >= 4 is 17.7 Å². The van der Waals surface area contributed by atoms with Gasteiger partial charge in [-0.05, 0) is 24.3 Å². The molecule has 2 rings (SSSR count). The van der Waals surface area contributed by atoms with Crippen molar-refractivity contribution < 1.29 is 0 Å². The van der Waals surface area contributed by atoms with Crippen molar-refractivity contribution in [2.75, 3.05) is 25.9 Å². The van der Waals surface area contributed by atoms with E-state index in [9.17, 15) is 0 Å². The third kappa shape index (κ3) is 6.23. The summed E-state index contributed by atoms with van der Waals surface area (Å²) in [6.07, 6.45) is 3.76. The van der Waals surface area contributed by atoms with Crippen LogP contribution in [0.4, 0.5) is 0 Å². The van der Waals surface area contributed by atoms with Gasteiger partial charge in [0.1, 0.15) is 12.2 Å². The summed E-state index contributed by atoms with van der Waals surface area (Å²) in [5, 5.41) is 14.7. The molecule has 0 aliphatic carbocycles. The van der Waals surface area contributed by atoms with Gasteiger partial charge in [0.2, 0.25) is 0 Å². The molecule has 0 fully saturated rings. The number of nitrogens with zero attached hydrogens (tertiary/aromatic N) is 4. The fourth-order valence-electron chi connectivity index (χ4n) is 2.24. The molecule has 0 atom stereocenters. The largest absolute Gasteiger partial charge is 0.356 e. The van der Waals surface area contributed by atoms with Gasteiger partial charge in [0, 0.05) is 38.0 Å². The highest BCUT2D eigenvalue weighted by molar-refractivity contribution is 7.99. The van der Waals surface area contributed by atoms with E-state index in [1.54, 1.807) is 13.4 Å². The minimum absolute atomic E-state index is 0.795. The maximum Gasteiger partial charge on any atom is 0.191 e. The molecular weight excluding hydrogens is 320 g/mol. The van der Waals surface area contributed by atoms with Gasteiger partial charge in [-0.1, -0.05) is 25.1 Å². The van der Waals surface area contributed by atoms with E-state index in [1.807, 2.05) is 17.8 Å². The molecule has 0 aliphatic rings. The first-order chi connectivity index (χ1) is 11.8. The van der Waals surface area contributed by atoms with Gasteiger partial charge < -0.3 is 15.2 Å². The second-order valence-electron chi connectivity index (χ2n) is 5.23. The Morgan fingerprint density at radius 1 is 1.21 bits per heavy atom. The van der Waals surface area contributed by atoms with Crippen LogP contribution in [0.25, 0.3) is 0 Å². The molecule has 7 heteroatoms. The zero-order valence-electron chi connectivity index (χ0n) is 14.4. The minimum Gasteiger partial charge on any atom is -0.356 e. The molecule has 0 spiro atoms. The van der Waals surface area contributed by atoms with Crippen molar-refractivity contribution in [2.24, 2.45) is 4.99 Å². The quantitative estimate of drug-likeness (QED) is 0.315. The molecule has 6 nitrogen and oxygen atoms in total. The zero-order valence-corrected chi connectivity index (χ0v) is 15.2. The van der Waals surface area contributed by atoms with E-state index in [-0.39, 0.29) is 0 Å². The van der Waals surface area contributed by atoms with Crippen LogP contribution in [-0.2, 0) is 13.0 Å². The van der Waals surface area contributed by atoms with Crippen molar-refractivity contribution in [3.05, 3.63) is 42.5 Å². The first kappa shape index (κ1) is 18.3. The molecule has 1 aromatic carbocycles. The van der Waals surface area contributed by atoms with Gasteiger partial charge in [0.05, 0.1) is 0 Å². The fraction of sp³-hybridized carbons (Fsp3) is 0.471. The summed E-state index contributed by atoms with van der Waals surface area (Å²) < 4.78 is 2.07. The molecule has 0 bridgehead atoms. The summed E-state index contributed by atoms with van der Waals surface area (Å²) in [4.78, 5) is 5.57. The molecule has 0 radical (unpaired) electrons. The number of rotatable bonds is 9. The summed E-state index contributed by atoms with van der Waals surface area (Å²) in [6, 6.07) is 10.5. The molecule has 24 heavy (non-hydrogen) atoms. The van der Waals surface area contributed by atoms with Gasteiger partial charge >= 0.3 is 0 Å². The average Bonchev–Trinajstić information content (AvgIpc) is 3.08. The SMILES string of the molecule is CCc1nncn1CCNC(=NC)NCCCSc1ccccc1. The second-order valence-corrected chi connectivity index (χ2v) is 6.40. The number of benzene rings is 1. The predicted octanol–water partition coefficient (Wildman–Crippen LogP) is 2.19. The lowest BCUT2D eigenvalue weighted by molar-refractivity contribution is 0.632. The van der Waals surface area contributed by atoms with Crippen LogP contribution in [0.1, 0.15) is 19.2 Å². The van der Waals surface area contributed by atoms with Crippen molar-refractivity contribution in [3.63, 3.8) is 0 Å². The standard InChI is InChI=1S/C17H26N6S/c1-3-16-22-21-14-23(16)12-11-20-17(18-2)19-10-7-13-24-15-8-5-4-6-9-15/h4-6,8-9,14H,3,7,10-13H2,1-2H3,(H2,18,19,20). The van der Waals surface area contributed by atoms with Crippen LogP contribution in [-0.4, -0.2) is 46.6 Å². The number of hydrogen-bond acceptors (Lipinski definition) is 4. The third-order valence-electron chi connectivity index (χ3n) is 3.51. The lowest BCUT2D eigenvalue weighted by atomic mass is 10.4. The highest BCUT2D eigenvalue weighted by Gasteiger charge is 2.02.